The predicted octanol–water partition coefficient (Wildman–Crippen LogP) is 3.14. The van der Waals surface area contributed by atoms with Crippen molar-refractivity contribution >= 4 is 11.5 Å². The molecule has 0 aromatic heterocycles. The second-order valence-corrected chi connectivity index (χ2v) is 4.28. The Morgan fingerprint density at radius 3 is 1.83 bits per heavy atom. The molecule has 1 heterocycles. The molecule has 1 aromatic rings. The first-order valence-electron chi connectivity index (χ1n) is 6.41. The first-order chi connectivity index (χ1) is 8.60. The van der Waals surface area contributed by atoms with Crippen molar-refractivity contribution < 1.29 is 0 Å². The summed E-state index contributed by atoms with van der Waals surface area (Å²) >= 11 is 0. The second-order valence-electron chi connectivity index (χ2n) is 4.28. The minimum Gasteiger partial charge on any atom is -0.398 e. The summed E-state index contributed by atoms with van der Waals surface area (Å²) in [6, 6.07) is 6.05. The van der Waals surface area contributed by atoms with E-state index in [0.29, 0.717) is 0 Å². The summed E-state index contributed by atoms with van der Waals surface area (Å²) in [7, 11) is 0. The second kappa shape index (κ2) is 6.84. The summed E-state index contributed by atoms with van der Waals surface area (Å²) in [5.74, 6) is 1.13. The molecule has 0 unspecified atom stereocenters. The summed E-state index contributed by atoms with van der Waals surface area (Å²) in [5.41, 5.74) is 8.92. The number of anilines is 1. The van der Waals surface area contributed by atoms with Gasteiger partial charge >= 0.3 is 0 Å². The molecule has 18 heavy (non-hydrogen) atoms. The molecule has 0 fully saturated rings. The van der Waals surface area contributed by atoms with E-state index in [1.54, 1.807) is 0 Å². The van der Waals surface area contributed by atoms with Gasteiger partial charge in [-0.1, -0.05) is 18.2 Å². The zero-order valence-electron chi connectivity index (χ0n) is 11.8. The highest BCUT2D eigenvalue weighted by Crippen LogP contribution is 2.13. The van der Waals surface area contributed by atoms with Gasteiger partial charge in [-0.3, -0.25) is 0 Å². The van der Waals surface area contributed by atoms with Crippen LogP contribution in [0.5, 0.6) is 0 Å². The Balaban J connectivity index is 0.000000180. The number of benzene rings is 1. The molecule has 0 radical (unpaired) electrons. The Morgan fingerprint density at radius 2 is 1.61 bits per heavy atom. The van der Waals surface area contributed by atoms with Gasteiger partial charge in [0.05, 0.1) is 0 Å². The molecule has 0 bridgehead atoms. The summed E-state index contributed by atoms with van der Waals surface area (Å²) < 4.78 is 0. The van der Waals surface area contributed by atoms with Gasteiger partial charge in [0, 0.05) is 25.0 Å². The highest BCUT2D eigenvalue weighted by Gasteiger charge is 2.05. The molecule has 0 spiro atoms. The Morgan fingerprint density at radius 1 is 1.11 bits per heavy atom. The van der Waals surface area contributed by atoms with E-state index in [9.17, 15) is 0 Å². The fourth-order valence-corrected chi connectivity index (χ4v) is 1.70. The van der Waals surface area contributed by atoms with Gasteiger partial charge in [0.2, 0.25) is 0 Å². The van der Waals surface area contributed by atoms with Gasteiger partial charge in [0.25, 0.3) is 0 Å². The average molecular weight is 245 g/mol. The number of rotatable bonds is 2. The SMILES string of the molecule is CCN(CC)C1=NC=C1.Cc1cccc(C)c1N. The summed E-state index contributed by atoms with van der Waals surface area (Å²) in [5, 5.41) is 0. The average Bonchev–Trinajstić information content (AvgIpc) is 2.31. The van der Waals surface area contributed by atoms with Gasteiger partial charge in [0.15, 0.2) is 0 Å². The van der Waals surface area contributed by atoms with Crippen LogP contribution in [0.15, 0.2) is 35.5 Å². The monoisotopic (exact) mass is 245 g/mol. The molecule has 1 aliphatic heterocycles. The van der Waals surface area contributed by atoms with E-state index in [1.807, 2.05) is 44.3 Å². The lowest BCUT2D eigenvalue weighted by atomic mass is 10.1. The van der Waals surface area contributed by atoms with E-state index in [-0.39, 0.29) is 0 Å². The number of nitrogens with zero attached hydrogens (tertiary/aromatic N) is 2. The number of nitrogens with two attached hydrogens (primary N) is 1. The van der Waals surface area contributed by atoms with Crippen LogP contribution in [0, 0.1) is 13.8 Å². The molecule has 0 saturated carbocycles. The van der Waals surface area contributed by atoms with E-state index in [4.69, 9.17) is 5.73 Å². The van der Waals surface area contributed by atoms with Crippen molar-refractivity contribution in [2.45, 2.75) is 27.7 Å². The van der Waals surface area contributed by atoms with Crippen LogP contribution in [-0.4, -0.2) is 23.8 Å². The molecule has 3 nitrogen and oxygen atoms in total. The van der Waals surface area contributed by atoms with Crippen LogP contribution in [0.2, 0.25) is 0 Å². The molecule has 0 aliphatic carbocycles. The fourth-order valence-electron chi connectivity index (χ4n) is 1.70. The highest BCUT2D eigenvalue weighted by molar-refractivity contribution is 5.97. The van der Waals surface area contributed by atoms with Crippen LogP contribution in [0.4, 0.5) is 5.69 Å². The third-order valence-corrected chi connectivity index (χ3v) is 3.06. The number of amidine groups is 1. The number of aliphatic imine (C=N–C) groups is 1. The zero-order valence-corrected chi connectivity index (χ0v) is 11.8. The summed E-state index contributed by atoms with van der Waals surface area (Å²) in [6.07, 6.45) is 3.86. The third kappa shape index (κ3) is 3.62. The summed E-state index contributed by atoms with van der Waals surface area (Å²) in [6.45, 7) is 10.4. The van der Waals surface area contributed by atoms with Crippen molar-refractivity contribution in [3.05, 3.63) is 41.6 Å². The van der Waals surface area contributed by atoms with Crippen LogP contribution in [-0.2, 0) is 0 Å². The largest absolute Gasteiger partial charge is 0.398 e. The zero-order chi connectivity index (χ0) is 13.5. The van der Waals surface area contributed by atoms with Crippen molar-refractivity contribution in [2.75, 3.05) is 18.8 Å². The number of para-hydroxylation sites is 1. The first-order valence-corrected chi connectivity index (χ1v) is 6.41. The number of hydrogen-bond acceptors (Lipinski definition) is 3. The standard InChI is InChI=1S/C8H11N.C7H12N2/c1-6-4-3-5-7(2)8(6)9;1-3-9(4-2)7-5-6-8-7/h3-5H,9H2,1-2H3;5-6H,3-4H2,1-2H3. The molecule has 2 rings (SSSR count). The van der Waals surface area contributed by atoms with Gasteiger partial charge in [-0.2, -0.15) is 0 Å². The lowest BCUT2D eigenvalue weighted by Gasteiger charge is -2.22. The molecular formula is C15H23N3. The van der Waals surface area contributed by atoms with E-state index in [1.165, 1.54) is 0 Å². The number of nitrogen functional groups attached to an aromatic ring is 1. The van der Waals surface area contributed by atoms with Crippen molar-refractivity contribution in [3.8, 4) is 0 Å². The number of likely N-dealkylation sites (N-methyl/N-ethyl adjacent to an activating group) is 1. The van der Waals surface area contributed by atoms with Crippen molar-refractivity contribution in [1.82, 2.24) is 4.90 Å². The van der Waals surface area contributed by atoms with Gasteiger partial charge in [-0.25, -0.2) is 4.99 Å². The highest BCUT2D eigenvalue weighted by atomic mass is 15.2. The molecular weight excluding hydrogens is 222 g/mol. The Bertz CT molecular complexity index is 423. The predicted molar refractivity (Wildman–Crippen MR) is 79.8 cm³/mol. The van der Waals surface area contributed by atoms with E-state index < -0.39 is 0 Å². The minimum absolute atomic E-state index is 0.914. The molecule has 98 valence electrons. The third-order valence-electron chi connectivity index (χ3n) is 3.06. The molecule has 2 N–H and O–H groups in total. The lowest BCUT2D eigenvalue weighted by Crippen LogP contribution is -2.30. The lowest BCUT2D eigenvalue weighted by molar-refractivity contribution is 0.465. The van der Waals surface area contributed by atoms with Crippen LogP contribution >= 0.6 is 0 Å². The van der Waals surface area contributed by atoms with Crippen molar-refractivity contribution in [1.29, 1.82) is 0 Å². The van der Waals surface area contributed by atoms with Gasteiger partial charge in [-0.15, -0.1) is 0 Å². The smallest absolute Gasteiger partial charge is 0.129 e. The topological polar surface area (TPSA) is 41.6 Å². The maximum absolute atomic E-state index is 5.68. The molecule has 1 aliphatic rings. The molecule has 0 atom stereocenters. The van der Waals surface area contributed by atoms with E-state index in [0.717, 1.165) is 35.7 Å². The Hall–Kier alpha value is -1.77. The van der Waals surface area contributed by atoms with Crippen LogP contribution in [0.3, 0.4) is 0 Å². The number of hydrogen-bond donors (Lipinski definition) is 1. The maximum Gasteiger partial charge on any atom is 0.129 e. The first kappa shape index (κ1) is 14.3. The Labute approximate surface area is 110 Å². The molecule has 3 heteroatoms. The minimum atomic E-state index is 0.914. The Kier molecular flexibility index (Phi) is 5.43. The number of aryl methyl sites for hydroxylation is 2. The molecule has 1 aromatic carbocycles. The summed E-state index contributed by atoms with van der Waals surface area (Å²) in [4.78, 5) is 6.30. The van der Waals surface area contributed by atoms with Crippen LogP contribution in [0.25, 0.3) is 0 Å². The van der Waals surface area contributed by atoms with Gasteiger partial charge in [-0.05, 0) is 44.9 Å². The van der Waals surface area contributed by atoms with Crippen LogP contribution < -0.4 is 5.73 Å². The van der Waals surface area contributed by atoms with Gasteiger partial charge in [0.1, 0.15) is 5.84 Å². The normalized spacial score (nSPS) is 12.1. The molecule has 0 saturated heterocycles. The maximum atomic E-state index is 5.68. The van der Waals surface area contributed by atoms with Crippen molar-refractivity contribution in [2.24, 2.45) is 4.99 Å². The van der Waals surface area contributed by atoms with E-state index in [2.05, 4.69) is 23.7 Å². The van der Waals surface area contributed by atoms with Crippen molar-refractivity contribution in [3.63, 3.8) is 0 Å². The van der Waals surface area contributed by atoms with Crippen LogP contribution in [0.1, 0.15) is 25.0 Å². The molecule has 0 amide bonds. The fraction of sp³-hybridized carbons (Fsp3) is 0.400. The van der Waals surface area contributed by atoms with Gasteiger partial charge < -0.3 is 10.6 Å². The quantitative estimate of drug-likeness (QED) is 0.813. The van der Waals surface area contributed by atoms with E-state index >= 15 is 0 Å².